The van der Waals surface area contributed by atoms with Gasteiger partial charge in [-0.1, -0.05) is 33.8 Å². The van der Waals surface area contributed by atoms with Crippen molar-refractivity contribution in [1.82, 2.24) is 10.3 Å². The molecule has 1 unspecified atom stereocenters. The summed E-state index contributed by atoms with van der Waals surface area (Å²) in [5.41, 5.74) is 2.52. The zero-order valence-corrected chi connectivity index (χ0v) is 13.6. The van der Waals surface area contributed by atoms with Crippen molar-refractivity contribution in [2.75, 3.05) is 18.1 Å². The summed E-state index contributed by atoms with van der Waals surface area (Å²) in [6.07, 6.45) is 4.11. The van der Waals surface area contributed by atoms with Gasteiger partial charge in [-0.25, -0.2) is 0 Å². The Hall–Kier alpha value is -0.540. The van der Waals surface area contributed by atoms with E-state index in [1.165, 1.54) is 22.8 Å². The zero-order chi connectivity index (χ0) is 14.1. The third-order valence-corrected chi connectivity index (χ3v) is 4.55. The second-order valence-electron chi connectivity index (χ2n) is 5.40. The molecule has 1 heterocycles. The molecule has 0 fully saturated rings. The van der Waals surface area contributed by atoms with Gasteiger partial charge in [0.05, 0.1) is 0 Å². The van der Waals surface area contributed by atoms with Gasteiger partial charge in [-0.2, -0.15) is 11.8 Å². The third kappa shape index (κ3) is 6.98. The highest BCUT2D eigenvalue weighted by Crippen LogP contribution is 2.12. The van der Waals surface area contributed by atoms with Crippen LogP contribution in [0.1, 0.15) is 39.0 Å². The zero-order valence-electron chi connectivity index (χ0n) is 12.8. The summed E-state index contributed by atoms with van der Waals surface area (Å²) < 4.78 is 0. The van der Waals surface area contributed by atoms with Crippen LogP contribution in [-0.2, 0) is 12.8 Å². The monoisotopic (exact) mass is 280 g/mol. The van der Waals surface area contributed by atoms with E-state index in [9.17, 15) is 0 Å². The molecular weight excluding hydrogens is 252 g/mol. The van der Waals surface area contributed by atoms with Crippen LogP contribution in [0.15, 0.2) is 18.3 Å². The van der Waals surface area contributed by atoms with Gasteiger partial charge < -0.3 is 5.32 Å². The number of hydrogen-bond acceptors (Lipinski definition) is 3. The van der Waals surface area contributed by atoms with Gasteiger partial charge in [0.15, 0.2) is 0 Å². The van der Waals surface area contributed by atoms with E-state index >= 15 is 0 Å². The maximum Gasteiger partial charge on any atom is 0.0419 e. The molecule has 0 aliphatic rings. The van der Waals surface area contributed by atoms with Gasteiger partial charge in [0.25, 0.3) is 0 Å². The molecule has 0 spiro atoms. The van der Waals surface area contributed by atoms with Crippen molar-refractivity contribution in [3.05, 3.63) is 29.6 Å². The van der Waals surface area contributed by atoms with Crippen LogP contribution in [0.3, 0.4) is 0 Å². The molecule has 1 aromatic rings. The smallest absolute Gasteiger partial charge is 0.0419 e. The minimum absolute atomic E-state index is 0.536. The molecule has 0 saturated carbocycles. The molecule has 2 nitrogen and oxygen atoms in total. The summed E-state index contributed by atoms with van der Waals surface area (Å²) in [4.78, 5) is 4.57. The molecule has 1 aromatic heterocycles. The average Bonchev–Trinajstić information content (AvgIpc) is 2.39. The lowest BCUT2D eigenvalue weighted by Gasteiger charge is -2.18. The predicted octanol–water partition coefficient (Wildman–Crippen LogP) is 3.55. The Morgan fingerprint density at radius 1 is 1.21 bits per heavy atom. The first kappa shape index (κ1) is 16.5. The van der Waals surface area contributed by atoms with E-state index in [4.69, 9.17) is 0 Å². The quantitative estimate of drug-likeness (QED) is 0.749. The first-order valence-corrected chi connectivity index (χ1v) is 8.56. The summed E-state index contributed by atoms with van der Waals surface area (Å²) in [6.45, 7) is 9.93. The summed E-state index contributed by atoms with van der Waals surface area (Å²) in [6, 6.07) is 4.91. The first-order valence-electron chi connectivity index (χ1n) is 7.40. The lowest BCUT2D eigenvalue weighted by molar-refractivity contribution is 0.566. The molecule has 0 aromatic carbocycles. The Bertz CT molecular complexity index is 335. The van der Waals surface area contributed by atoms with E-state index in [-0.39, 0.29) is 0 Å². The van der Waals surface area contributed by atoms with E-state index in [0.717, 1.165) is 25.3 Å². The number of thioether (sulfide) groups is 1. The molecule has 108 valence electrons. The van der Waals surface area contributed by atoms with Crippen LogP contribution >= 0.6 is 11.8 Å². The van der Waals surface area contributed by atoms with E-state index in [2.05, 4.69) is 50.1 Å². The van der Waals surface area contributed by atoms with E-state index < -0.39 is 0 Å². The van der Waals surface area contributed by atoms with Gasteiger partial charge in [0.2, 0.25) is 0 Å². The van der Waals surface area contributed by atoms with Crippen LogP contribution in [0.2, 0.25) is 0 Å². The Balaban J connectivity index is 2.46. The fourth-order valence-corrected chi connectivity index (χ4v) is 3.09. The Morgan fingerprint density at radius 2 is 2.00 bits per heavy atom. The van der Waals surface area contributed by atoms with Crippen LogP contribution in [0.5, 0.6) is 0 Å². The highest BCUT2D eigenvalue weighted by Gasteiger charge is 2.10. The first-order chi connectivity index (χ1) is 9.15. The molecule has 19 heavy (non-hydrogen) atoms. The summed E-state index contributed by atoms with van der Waals surface area (Å²) in [7, 11) is 0. The predicted molar refractivity (Wildman–Crippen MR) is 86.9 cm³/mol. The molecule has 0 aliphatic carbocycles. The van der Waals surface area contributed by atoms with Crippen molar-refractivity contribution in [3.8, 4) is 0 Å². The van der Waals surface area contributed by atoms with E-state index in [1.54, 1.807) is 0 Å². The molecule has 0 saturated heterocycles. The lowest BCUT2D eigenvalue weighted by Crippen LogP contribution is -2.33. The SMILES string of the molecule is CCNC(CSCC(C)C)Cc1ccc(CC)cn1. The maximum atomic E-state index is 4.57. The second-order valence-corrected chi connectivity index (χ2v) is 6.48. The summed E-state index contributed by atoms with van der Waals surface area (Å²) in [5.74, 6) is 3.18. The summed E-state index contributed by atoms with van der Waals surface area (Å²) in [5, 5.41) is 3.57. The number of aryl methyl sites for hydroxylation is 1. The molecule has 1 N–H and O–H groups in total. The van der Waals surface area contributed by atoms with Gasteiger partial charge in [-0.3, -0.25) is 4.98 Å². The van der Waals surface area contributed by atoms with Gasteiger partial charge in [-0.15, -0.1) is 0 Å². The standard InChI is InChI=1S/C16H28N2S/c1-5-14-7-8-15(18-10-14)9-16(17-6-2)12-19-11-13(3)4/h7-8,10,13,16-17H,5-6,9,11-12H2,1-4H3. The average molecular weight is 280 g/mol. The Labute approximate surface area is 122 Å². The van der Waals surface area contributed by atoms with Crippen molar-refractivity contribution in [1.29, 1.82) is 0 Å². The van der Waals surface area contributed by atoms with Crippen molar-refractivity contribution < 1.29 is 0 Å². The van der Waals surface area contributed by atoms with Crippen molar-refractivity contribution in [2.24, 2.45) is 5.92 Å². The number of likely N-dealkylation sites (N-methyl/N-ethyl adjacent to an activating group) is 1. The normalized spacial score (nSPS) is 12.9. The molecule has 0 radical (unpaired) electrons. The highest BCUT2D eigenvalue weighted by molar-refractivity contribution is 7.99. The number of rotatable bonds is 9. The highest BCUT2D eigenvalue weighted by atomic mass is 32.2. The number of nitrogens with one attached hydrogen (secondary N) is 1. The van der Waals surface area contributed by atoms with Crippen LogP contribution < -0.4 is 5.32 Å². The van der Waals surface area contributed by atoms with Crippen LogP contribution in [0.25, 0.3) is 0 Å². The van der Waals surface area contributed by atoms with Gasteiger partial charge >= 0.3 is 0 Å². The van der Waals surface area contributed by atoms with Crippen LogP contribution in [0.4, 0.5) is 0 Å². The number of pyridine rings is 1. The fraction of sp³-hybridized carbons (Fsp3) is 0.688. The molecule has 0 bridgehead atoms. The van der Waals surface area contributed by atoms with E-state index in [1.807, 2.05) is 18.0 Å². The Morgan fingerprint density at radius 3 is 2.53 bits per heavy atom. The van der Waals surface area contributed by atoms with Gasteiger partial charge in [0.1, 0.15) is 0 Å². The molecule has 1 rings (SSSR count). The fourth-order valence-electron chi connectivity index (χ4n) is 1.96. The summed E-state index contributed by atoms with van der Waals surface area (Å²) >= 11 is 2.05. The topological polar surface area (TPSA) is 24.9 Å². The van der Waals surface area contributed by atoms with Crippen LogP contribution in [-0.4, -0.2) is 29.1 Å². The van der Waals surface area contributed by atoms with Crippen LogP contribution in [0, 0.1) is 5.92 Å². The molecule has 0 aliphatic heterocycles. The molecule has 3 heteroatoms. The van der Waals surface area contributed by atoms with Crippen molar-refractivity contribution >= 4 is 11.8 Å². The van der Waals surface area contributed by atoms with E-state index in [0.29, 0.717) is 6.04 Å². The molecule has 0 amide bonds. The number of aromatic nitrogens is 1. The lowest BCUT2D eigenvalue weighted by atomic mass is 10.1. The minimum atomic E-state index is 0.536. The van der Waals surface area contributed by atoms with Gasteiger partial charge in [0, 0.05) is 30.1 Å². The molecular formula is C16H28N2S. The Kier molecular flexibility index (Phi) is 8.15. The van der Waals surface area contributed by atoms with Crippen molar-refractivity contribution in [2.45, 2.75) is 46.6 Å². The second kappa shape index (κ2) is 9.38. The number of hydrogen-bond donors (Lipinski definition) is 1. The minimum Gasteiger partial charge on any atom is -0.313 e. The maximum absolute atomic E-state index is 4.57. The van der Waals surface area contributed by atoms with Crippen molar-refractivity contribution in [3.63, 3.8) is 0 Å². The number of nitrogens with zero attached hydrogens (tertiary/aromatic N) is 1. The molecule has 1 atom stereocenters. The third-order valence-electron chi connectivity index (χ3n) is 3.01. The van der Waals surface area contributed by atoms with Gasteiger partial charge in [-0.05, 0) is 36.3 Å². The largest absolute Gasteiger partial charge is 0.313 e.